The molecule has 2 aliphatic rings. The lowest BCUT2D eigenvalue weighted by atomic mass is 10.0. The van der Waals surface area contributed by atoms with Gasteiger partial charge in [0.15, 0.2) is 11.7 Å². The Kier molecular flexibility index (Phi) is 4.41. The first-order valence-corrected chi connectivity index (χ1v) is 9.18. The van der Waals surface area contributed by atoms with Gasteiger partial charge in [-0.3, -0.25) is 4.79 Å². The molecule has 2 aromatic rings. The minimum Gasteiger partial charge on any atom is -0.441 e. The fourth-order valence-electron chi connectivity index (χ4n) is 3.64. The van der Waals surface area contributed by atoms with Gasteiger partial charge in [-0.1, -0.05) is 34.1 Å². The molecule has 2 saturated heterocycles. The third kappa shape index (κ3) is 3.13. The third-order valence-electron chi connectivity index (χ3n) is 4.99. The average Bonchev–Trinajstić information content (AvgIpc) is 3.28. The van der Waals surface area contributed by atoms with E-state index < -0.39 is 0 Å². The Balaban J connectivity index is 1.35. The van der Waals surface area contributed by atoms with E-state index in [0.29, 0.717) is 30.6 Å². The first-order chi connectivity index (χ1) is 11.7. The number of nitrogens with one attached hydrogen (secondary N) is 1. The topological polar surface area (TPSA) is 58.4 Å². The summed E-state index contributed by atoms with van der Waals surface area (Å²) in [5.74, 6) is 2.84. The molecule has 5 nitrogen and oxygen atoms in total. The van der Waals surface area contributed by atoms with Crippen molar-refractivity contribution in [3.8, 4) is 11.3 Å². The van der Waals surface area contributed by atoms with Crippen molar-refractivity contribution in [2.24, 2.45) is 11.8 Å². The zero-order valence-corrected chi connectivity index (χ0v) is 15.0. The molecular weight excluding hydrogens is 370 g/mol. The summed E-state index contributed by atoms with van der Waals surface area (Å²) >= 11 is 3.52. The van der Waals surface area contributed by atoms with Gasteiger partial charge in [-0.25, -0.2) is 4.98 Å². The highest BCUT2D eigenvalue weighted by Crippen LogP contribution is 2.29. The molecule has 126 valence electrons. The van der Waals surface area contributed by atoms with Crippen LogP contribution in [-0.4, -0.2) is 42.0 Å². The molecule has 1 N–H and O–H groups in total. The molecule has 1 aromatic heterocycles. The predicted octanol–water partition coefficient (Wildman–Crippen LogP) is 2.71. The third-order valence-corrected chi connectivity index (χ3v) is 5.68. The number of carbonyl (C=O) groups is 1. The lowest BCUT2D eigenvalue weighted by molar-refractivity contribution is -0.130. The number of oxazole rings is 1. The molecule has 2 fully saturated rings. The van der Waals surface area contributed by atoms with Crippen LogP contribution in [-0.2, 0) is 11.2 Å². The Morgan fingerprint density at radius 1 is 1.29 bits per heavy atom. The molecule has 3 heterocycles. The maximum atomic E-state index is 12.4. The maximum Gasteiger partial charge on any atom is 0.223 e. The second-order valence-corrected chi connectivity index (χ2v) is 7.43. The lowest BCUT2D eigenvalue weighted by Gasteiger charge is -2.16. The van der Waals surface area contributed by atoms with Gasteiger partial charge >= 0.3 is 0 Å². The molecule has 2 atom stereocenters. The van der Waals surface area contributed by atoms with Crippen LogP contribution in [0.1, 0.15) is 12.3 Å². The van der Waals surface area contributed by atoms with Crippen molar-refractivity contribution >= 4 is 21.8 Å². The molecule has 4 rings (SSSR count). The summed E-state index contributed by atoms with van der Waals surface area (Å²) in [5, 5.41) is 3.40. The summed E-state index contributed by atoms with van der Waals surface area (Å²) in [4.78, 5) is 18.7. The van der Waals surface area contributed by atoms with E-state index in [1.165, 1.54) is 0 Å². The van der Waals surface area contributed by atoms with E-state index in [-0.39, 0.29) is 5.91 Å². The molecule has 0 radical (unpaired) electrons. The highest BCUT2D eigenvalue weighted by Gasteiger charge is 2.37. The Hall–Kier alpha value is -1.66. The largest absolute Gasteiger partial charge is 0.441 e. The molecule has 0 saturated carbocycles. The van der Waals surface area contributed by atoms with Crippen molar-refractivity contribution in [2.75, 3.05) is 26.2 Å². The Bertz CT molecular complexity index is 733. The molecule has 1 amide bonds. The molecule has 0 spiro atoms. The van der Waals surface area contributed by atoms with Crippen LogP contribution in [0.4, 0.5) is 0 Å². The quantitative estimate of drug-likeness (QED) is 0.872. The SMILES string of the molecule is O=C(CCc1ncc(-c2ccccc2Br)o1)N1C[C@H]2CNC[C@H]2C1. The van der Waals surface area contributed by atoms with Gasteiger partial charge in [0.2, 0.25) is 5.91 Å². The standard InChI is InChI=1S/C18H20BrN3O2/c19-15-4-2-1-3-14(15)16-9-21-17(24-16)5-6-18(23)22-10-12-7-20-8-13(12)11-22/h1-4,9,12-13,20H,5-8,10-11H2/t12-,13+. The van der Waals surface area contributed by atoms with E-state index in [1.807, 2.05) is 29.2 Å². The monoisotopic (exact) mass is 389 g/mol. The number of hydrogen-bond donors (Lipinski definition) is 1. The fourth-order valence-corrected chi connectivity index (χ4v) is 4.12. The Morgan fingerprint density at radius 3 is 2.79 bits per heavy atom. The van der Waals surface area contributed by atoms with Crippen molar-refractivity contribution < 1.29 is 9.21 Å². The van der Waals surface area contributed by atoms with Gasteiger partial charge in [-0.15, -0.1) is 0 Å². The van der Waals surface area contributed by atoms with E-state index in [2.05, 4.69) is 26.2 Å². The number of carbonyl (C=O) groups excluding carboxylic acids is 1. The molecular formula is C18H20BrN3O2. The van der Waals surface area contributed by atoms with E-state index in [4.69, 9.17) is 4.42 Å². The molecule has 24 heavy (non-hydrogen) atoms. The summed E-state index contributed by atoms with van der Waals surface area (Å²) in [6, 6.07) is 7.88. The maximum absolute atomic E-state index is 12.4. The minimum atomic E-state index is 0.213. The van der Waals surface area contributed by atoms with Crippen molar-refractivity contribution in [2.45, 2.75) is 12.8 Å². The fraction of sp³-hybridized carbons (Fsp3) is 0.444. The molecule has 1 aromatic carbocycles. The highest BCUT2D eigenvalue weighted by molar-refractivity contribution is 9.10. The van der Waals surface area contributed by atoms with E-state index in [0.717, 1.165) is 42.0 Å². The van der Waals surface area contributed by atoms with Crippen molar-refractivity contribution in [1.82, 2.24) is 15.2 Å². The number of aryl methyl sites for hydroxylation is 1. The van der Waals surface area contributed by atoms with Crippen molar-refractivity contribution in [3.63, 3.8) is 0 Å². The lowest BCUT2D eigenvalue weighted by Crippen LogP contribution is -2.32. The molecule has 6 heteroatoms. The molecule has 2 aliphatic heterocycles. The number of fused-ring (bicyclic) bond motifs is 1. The van der Waals surface area contributed by atoms with Gasteiger partial charge in [0.05, 0.1) is 6.20 Å². The van der Waals surface area contributed by atoms with Crippen LogP contribution in [0.5, 0.6) is 0 Å². The number of nitrogens with zero attached hydrogens (tertiary/aromatic N) is 2. The Morgan fingerprint density at radius 2 is 2.04 bits per heavy atom. The Labute approximate surface area is 149 Å². The molecule has 0 bridgehead atoms. The normalized spacial score (nSPS) is 22.8. The van der Waals surface area contributed by atoms with Crippen LogP contribution >= 0.6 is 15.9 Å². The smallest absolute Gasteiger partial charge is 0.223 e. The first kappa shape index (κ1) is 15.8. The van der Waals surface area contributed by atoms with Gasteiger partial charge in [0.1, 0.15) is 0 Å². The van der Waals surface area contributed by atoms with Gasteiger partial charge in [-0.05, 0) is 17.9 Å². The molecule has 0 unspecified atom stereocenters. The second-order valence-electron chi connectivity index (χ2n) is 6.58. The van der Waals surface area contributed by atoms with E-state index in [9.17, 15) is 4.79 Å². The van der Waals surface area contributed by atoms with E-state index in [1.54, 1.807) is 6.20 Å². The number of benzene rings is 1. The number of halogens is 1. The summed E-state index contributed by atoms with van der Waals surface area (Å²) in [6.45, 7) is 3.88. The zero-order chi connectivity index (χ0) is 16.5. The number of likely N-dealkylation sites (tertiary alicyclic amines) is 1. The van der Waals surface area contributed by atoms with Crippen molar-refractivity contribution in [1.29, 1.82) is 0 Å². The summed E-state index contributed by atoms with van der Waals surface area (Å²) in [5.41, 5.74) is 0.974. The van der Waals surface area contributed by atoms with Crippen LogP contribution in [0.15, 0.2) is 39.4 Å². The van der Waals surface area contributed by atoms with Gasteiger partial charge in [0.25, 0.3) is 0 Å². The number of amides is 1. The second kappa shape index (κ2) is 6.69. The zero-order valence-electron chi connectivity index (χ0n) is 13.4. The highest BCUT2D eigenvalue weighted by atomic mass is 79.9. The number of rotatable bonds is 4. The van der Waals surface area contributed by atoms with Crippen LogP contribution < -0.4 is 5.32 Å². The average molecular weight is 390 g/mol. The summed E-state index contributed by atoms with van der Waals surface area (Å²) in [7, 11) is 0. The number of aromatic nitrogens is 1. The molecule has 0 aliphatic carbocycles. The van der Waals surface area contributed by atoms with Gasteiger partial charge < -0.3 is 14.6 Å². The number of hydrogen-bond acceptors (Lipinski definition) is 4. The van der Waals surface area contributed by atoms with E-state index >= 15 is 0 Å². The van der Waals surface area contributed by atoms with Crippen LogP contribution in [0.25, 0.3) is 11.3 Å². The summed E-state index contributed by atoms with van der Waals surface area (Å²) in [6.07, 6.45) is 2.74. The van der Waals surface area contributed by atoms with Crippen molar-refractivity contribution in [3.05, 3.63) is 40.8 Å². The van der Waals surface area contributed by atoms with Crippen LogP contribution in [0, 0.1) is 11.8 Å². The van der Waals surface area contributed by atoms with Gasteiger partial charge in [-0.2, -0.15) is 0 Å². The van der Waals surface area contributed by atoms with Gasteiger partial charge in [0, 0.05) is 49.1 Å². The first-order valence-electron chi connectivity index (χ1n) is 8.39. The van der Waals surface area contributed by atoms with Crippen LogP contribution in [0.3, 0.4) is 0 Å². The predicted molar refractivity (Wildman–Crippen MR) is 94.4 cm³/mol. The van der Waals surface area contributed by atoms with Crippen LogP contribution in [0.2, 0.25) is 0 Å². The summed E-state index contributed by atoms with van der Waals surface area (Å²) < 4.78 is 6.79. The minimum absolute atomic E-state index is 0.213.